The van der Waals surface area contributed by atoms with Crippen LogP contribution in [0.4, 0.5) is 11.5 Å². The van der Waals surface area contributed by atoms with Crippen LogP contribution >= 0.6 is 0 Å². The molecule has 2 rings (SSSR count). The van der Waals surface area contributed by atoms with Gasteiger partial charge in [0.15, 0.2) is 5.82 Å². The van der Waals surface area contributed by atoms with E-state index in [1.807, 2.05) is 20.8 Å². The Morgan fingerprint density at radius 3 is 2.79 bits per heavy atom. The van der Waals surface area contributed by atoms with Gasteiger partial charge >= 0.3 is 0 Å². The summed E-state index contributed by atoms with van der Waals surface area (Å²) in [6.07, 6.45) is 1.57. The molecule has 0 aliphatic carbocycles. The number of nitrogens with zero attached hydrogens (tertiary/aromatic N) is 2. The molecule has 6 heteroatoms. The Hall–Kier alpha value is -2.37. The number of anilines is 2. The Labute approximate surface area is 111 Å². The molecule has 6 nitrogen and oxygen atoms in total. The molecular formula is C13H16N4O2. The van der Waals surface area contributed by atoms with E-state index >= 15 is 0 Å². The molecule has 2 N–H and O–H groups in total. The molecule has 1 amide bonds. The fourth-order valence-corrected chi connectivity index (χ4v) is 1.54. The van der Waals surface area contributed by atoms with Crippen LogP contribution in [0.1, 0.15) is 30.1 Å². The molecule has 0 aliphatic heterocycles. The van der Waals surface area contributed by atoms with Crippen molar-refractivity contribution in [3.05, 3.63) is 35.9 Å². The Balaban J connectivity index is 2.13. The predicted octanol–water partition coefficient (Wildman–Crippen LogP) is 2.26. The van der Waals surface area contributed by atoms with Gasteiger partial charge in [0.2, 0.25) is 0 Å². The van der Waals surface area contributed by atoms with E-state index in [2.05, 4.69) is 20.8 Å². The van der Waals surface area contributed by atoms with Crippen molar-refractivity contribution in [2.45, 2.75) is 26.8 Å². The molecule has 2 aromatic rings. The summed E-state index contributed by atoms with van der Waals surface area (Å²) in [6.45, 7) is 5.61. The summed E-state index contributed by atoms with van der Waals surface area (Å²) in [6, 6.07) is 5.27. The molecule has 0 radical (unpaired) electrons. The zero-order chi connectivity index (χ0) is 13.8. The third-order valence-corrected chi connectivity index (χ3v) is 2.31. The van der Waals surface area contributed by atoms with Gasteiger partial charge in [0, 0.05) is 24.0 Å². The van der Waals surface area contributed by atoms with E-state index in [4.69, 9.17) is 4.52 Å². The topological polar surface area (TPSA) is 80.0 Å². The minimum atomic E-state index is -0.199. The van der Waals surface area contributed by atoms with Gasteiger partial charge in [-0.05, 0) is 32.9 Å². The van der Waals surface area contributed by atoms with Crippen molar-refractivity contribution in [2.75, 3.05) is 5.32 Å². The van der Waals surface area contributed by atoms with Gasteiger partial charge < -0.3 is 15.2 Å². The first-order valence-electron chi connectivity index (χ1n) is 6.02. The van der Waals surface area contributed by atoms with E-state index < -0.39 is 0 Å². The van der Waals surface area contributed by atoms with Gasteiger partial charge in [-0.2, -0.15) is 0 Å². The van der Waals surface area contributed by atoms with E-state index in [1.54, 1.807) is 24.4 Å². The largest absolute Gasteiger partial charge is 0.360 e. The lowest BCUT2D eigenvalue weighted by molar-refractivity contribution is 0.0938. The predicted molar refractivity (Wildman–Crippen MR) is 71.4 cm³/mol. The van der Waals surface area contributed by atoms with Crippen molar-refractivity contribution in [3.63, 3.8) is 0 Å². The van der Waals surface area contributed by atoms with Crippen molar-refractivity contribution in [1.29, 1.82) is 0 Å². The second-order valence-electron chi connectivity index (χ2n) is 4.51. The van der Waals surface area contributed by atoms with Gasteiger partial charge in [-0.15, -0.1) is 0 Å². The average molecular weight is 260 g/mol. The summed E-state index contributed by atoms with van der Waals surface area (Å²) >= 11 is 0. The summed E-state index contributed by atoms with van der Waals surface area (Å²) in [7, 11) is 0. The number of carbonyl (C=O) groups excluding carboxylic acids is 1. The Kier molecular flexibility index (Phi) is 3.79. The van der Waals surface area contributed by atoms with Crippen LogP contribution in [-0.4, -0.2) is 22.1 Å². The highest BCUT2D eigenvalue weighted by Crippen LogP contribution is 2.16. The highest BCUT2D eigenvalue weighted by molar-refractivity contribution is 5.93. The van der Waals surface area contributed by atoms with Gasteiger partial charge in [0.1, 0.15) is 11.5 Å². The molecule has 0 fully saturated rings. The maximum absolute atomic E-state index is 11.8. The number of aryl methyl sites for hydroxylation is 1. The molecular weight excluding hydrogens is 244 g/mol. The van der Waals surface area contributed by atoms with E-state index in [0.717, 1.165) is 5.69 Å². The summed E-state index contributed by atoms with van der Waals surface area (Å²) in [5.41, 5.74) is 1.09. The first-order chi connectivity index (χ1) is 9.04. The summed E-state index contributed by atoms with van der Waals surface area (Å²) in [4.78, 5) is 15.9. The molecule has 0 bridgehead atoms. The Morgan fingerprint density at radius 2 is 2.16 bits per heavy atom. The van der Waals surface area contributed by atoms with Crippen molar-refractivity contribution in [3.8, 4) is 0 Å². The summed E-state index contributed by atoms with van der Waals surface area (Å²) in [5, 5.41) is 9.67. The smallest absolute Gasteiger partial charge is 0.270 e. The van der Waals surface area contributed by atoms with Crippen LogP contribution < -0.4 is 10.6 Å². The van der Waals surface area contributed by atoms with Crippen LogP contribution in [0.15, 0.2) is 28.9 Å². The second-order valence-corrected chi connectivity index (χ2v) is 4.51. The Bertz CT molecular complexity index is 578. The SMILES string of the molecule is Cc1cc(Nc2ccnc(C(=O)NC(C)C)c2)no1. The fraction of sp³-hybridized carbons (Fsp3) is 0.308. The highest BCUT2D eigenvalue weighted by Gasteiger charge is 2.09. The third kappa shape index (κ3) is 3.54. The molecule has 0 aromatic carbocycles. The molecule has 2 aromatic heterocycles. The normalized spacial score (nSPS) is 10.5. The summed E-state index contributed by atoms with van der Waals surface area (Å²) in [5.74, 6) is 1.11. The molecule has 100 valence electrons. The summed E-state index contributed by atoms with van der Waals surface area (Å²) < 4.78 is 4.96. The second kappa shape index (κ2) is 5.51. The fourth-order valence-electron chi connectivity index (χ4n) is 1.54. The molecule has 19 heavy (non-hydrogen) atoms. The Morgan fingerprint density at radius 1 is 1.37 bits per heavy atom. The highest BCUT2D eigenvalue weighted by atomic mass is 16.5. The van der Waals surface area contributed by atoms with E-state index in [9.17, 15) is 4.79 Å². The lowest BCUT2D eigenvalue weighted by Crippen LogP contribution is -2.30. The first-order valence-corrected chi connectivity index (χ1v) is 6.02. The molecule has 0 saturated heterocycles. The van der Waals surface area contributed by atoms with Gasteiger partial charge in [-0.3, -0.25) is 9.78 Å². The molecule has 2 heterocycles. The number of hydrogen-bond donors (Lipinski definition) is 2. The minimum Gasteiger partial charge on any atom is -0.360 e. The van der Waals surface area contributed by atoms with Crippen molar-refractivity contribution < 1.29 is 9.32 Å². The number of amides is 1. The van der Waals surface area contributed by atoms with Crippen molar-refractivity contribution in [2.24, 2.45) is 0 Å². The van der Waals surface area contributed by atoms with E-state index in [1.165, 1.54) is 0 Å². The number of nitrogens with one attached hydrogen (secondary N) is 2. The molecule has 0 unspecified atom stereocenters. The zero-order valence-corrected chi connectivity index (χ0v) is 11.1. The maximum atomic E-state index is 11.8. The van der Waals surface area contributed by atoms with Gasteiger partial charge in [-0.1, -0.05) is 5.16 Å². The van der Waals surface area contributed by atoms with E-state index in [-0.39, 0.29) is 11.9 Å². The minimum absolute atomic E-state index is 0.0732. The molecule has 0 aliphatic rings. The average Bonchev–Trinajstić information content (AvgIpc) is 2.74. The van der Waals surface area contributed by atoms with Crippen LogP contribution in [0.2, 0.25) is 0 Å². The standard InChI is InChI=1S/C13H16N4O2/c1-8(2)15-13(18)11-7-10(4-5-14-11)16-12-6-9(3)19-17-12/h4-8H,1-3H3,(H,15,18)(H,14,16,17). The molecule has 0 atom stereocenters. The van der Waals surface area contributed by atoms with Gasteiger partial charge in [0.05, 0.1) is 0 Å². The molecule has 0 saturated carbocycles. The number of carbonyl (C=O) groups is 1. The number of pyridine rings is 1. The zero-order valence-electron chi connectivity index (χ0n) is 11.1. The molecule has 0 spiro atoms. The quantitative estimate of drug-likeness (QED) is 0.881. The maximum Gasteiger partial charge on any atom is 0.270 e. The number of rotatable bonds is 4. The number of aromatic nitrogens is 2. The van der Waals surface area contributed by atoms with Crippen molar-refractivity contribution in [1.82, 2.24) is 15.5 Å². The lowest BCUT2D eigenvalue weighted by atomic mass is 10.2. The lowest BCUT2D eigenvalue weighted by Gasteiger charge is -2.08. The van der Waals surface area contributed by atoms with Crippen LogP contribution in [-0.2, 0) is 0 Å². The first kappa shape index (κ1) is 13.1. The van der Waals surface area contributed by atoms with Gasteiger partial charge in [0.25, 0.3) is 5.91 Å². The monoisotopic (exact) mass is 260 g/mol. The number of hydrogen-bond acceptors (Lipinski definition) is 5. The van der Waals surface area contributed by atoms with Crippen LogP contribution in [0.3, 0.4) is 0 Å². The van der Waals surface area contributed by atoms with Gasteiger partial charge in [-0.25, -0.2) is 0 Å². The van der Waals surface area contributed by atoms with Crippen LogP contribution in [0.5, 0.6) is 0 Å². The van der Waals surface area contributed by atoms with E-state index in [0.29, 0.717) is 17.3 Å². The van der Waals surface area contributed by atoms with Crippen LogP contribution in [0, 0.1) is 6.92 Å². The van der Waals surface area contributed by atoms with Crippen LogP contribution in [0.25, 0.3) is 0 Å². The third-order valence-electron chi connectivity index (χ3n) is 2.31. The van der Waals surface area contributed by atoms with Crippen molar-refractivity contribution >= 4 is 17.4 Å².